The summed E-state index contributed by atoms with van der Waals surface area (Å²) in [5.41, 5.74) is 2.81. The van der Waals surface area contributed by atoms with E-state index in [1.807, 2.05) is 60.8 Å². The molecule has 6 heteroatoms. The number of anilines is 1. The van der Waals surface area contributed by atoms with E-state index in [9.17, 15) is 9.90 Å². The highest BCUT2D eigenvalue weighted by Crippen LogP contribution is 2.26. The maximum Gasteiger partial charge on any atom is 0.322 e. The Labute approximate surface area is 159 Å². The van der Waals surface area contributed by atoms with Gasteiger partial charge in [0, 0.05) is 38.3 Å². The molecule has 3 rings (SSSR count). The van der Waals surface area contributed by atoms with Crippen molar-refractivity contribution in [2.75, 3.05) is 32.2 Å². The molecule has 6 nitrogen and oxygen atoms in total. The topological polar surface area (TPSA) is 66.7 Å². The molecule has 1 aromatic heterocycles. The Bertz CT molecular complexity index is 877. The van der Waals surface area contributed by atoms with Crippen LogP contribution >= 0.6 is 0 Å². The summed E-state index contributed by atoms with van der Waals surface area (Å²) in [7, 11) is 1.67. The molecular formula is C21H25N3O3. The highest BCUT2D eigenvalue weighted by atomic mass is 16.5. The predicted molar refractivity (Wildman–Crippen MR) is 107 cm³/mol. The van der Waals surface area contributed by atoms with Crippen LogP contribution in [0.3, 0.4) is 0 Å². The molecule has 0 spiro atoms. The molecule has 0 aliphatic heterocycles. The number of carbonyl (C=O) groups excluding carboxylic acids is 1. The zero-order valence-corrected chi connectivity index (χ0v) is 15.5. The van der Waals surface area contributed by atoms with Crippen LogP contribution in [0.15, 0.2) is 60.8 Å². The number of urea groups is 1. The molecule has 0 fully saturated rings. The monoisotopic (exact) mass is 367 g/mol. The van der Waals surface area contributed by atoms with Crippen LogP contribution in [0.25, 0.3) is 10.9 Å². The van der Waals surface area contributed by atoms with E-state index in [-0.39, 0.29) is 19.2 Å². The summed E-state index contributed by atoms with van der Waals surface area (Å²) >= 11 is 0. The molecular weight excluding hydrogens is 342 g/mol. The first kappa shape index (κ1) is 18.9. The van der Waals surface area contributed by atoms with Crippen LogP contribution in [-0.4, -0.2) is 47.5 Å². The molecule has 1 heterocycles. The Balaban J connectivity index is 1.80. The fourth-order valence-electron chi connectivity index (χ4n) is 3.09. The fraction of sp³-hybridized carbons (Fsp3) is 0.286. The van der Waals surface area contributed by atoms with Gasteiger partial charge in [0.05, 0.1) is 24.4 Å². The summed E-state index contributed by atoms with van der Waals surface area (Å²) in [6.45, 7) is 1.92. The van der Waals surface area contributed by atoms with Crippen molar-refractivity contribution in [3.8, 4) is 0 Å². The van der Waals surface area contributed by atoms with Crippen LogP contribution < -0.4 is 5.32 Å². The first-order valence-electron chi connectivity index (χ1n) is 9.00. The van der Waals surface area contributed by atoms with Crippen LogP contribution in [0.5, 0.6) is 0 Å². The minimum atomic E-state index is -0.234. The van der Waals surface area contributed by atoms with Gasteiger partial charge in [0.1, 0.15) is 0 Å². The Kier molecular flexibility index (Phi) is 6.46. The molecule has 27 heavy (non-hydrogen) atoms. The Morgan fingerprint density at radius 2 is 1.89 bits per heavy atom. The number of aromatic nitrogens is 1. The third-order valence-electron chi connectivity index (χ3n) is 4.44. The summed E-state index contributed by atoms with van der Waals surface area (Å²) < 4.78 is 7.25. The number of ether oxygens (including phenoxy) is 1. The second-order valence-corrected chi connectivity index (χ2v) is 6.31. The molecule has 2 amide bonds. The first-order valence-corrected chi connectivity index (χ1v) is 9.00. The number of nitrogens with zero attached hydrogens (tertiary/aromatic N) is 2. The van der Waals surface area contributed by atoms with Gasteiger partial charge in [0.25, 0.3) is 0 Å². The van der Waals surface area contributed by atoms with Crippen LogP contribution in [0.1, 0.15) is 5.56 Å². The van der Waals surface area contributed by atoms with Crippen LogP contribution in [0.4, 0.5) is 10.5 Å². The minimum absolute atomic E-state index is 0.0874. The van der Waals surface area contributed by atoms with Gasteiger partial charge in [-0.2, -0.15) is 0 Å². The fourth-order valence-corrected chi connectivity index (χ4v) is 3.09. The quantitative estimate of drug-likeness (QED) is 0.642. The van der Waals surface area contributed by atoms with Gasteiger partial charge in [-0.3, -0.25) is 0 Å². The number of hydrogen-bond acceptors (Lipinski definition) is 3. The number of amides is 2. The van der Waals surface area contributed by atoms with Gasteiger partial charge in [-0.25, -0.2) is 4.79 Å². The summed E-state index contributed by atoms with van der Waals surface area (Å²) in [4.78, 5) is 14.5. The lowest BCUT2D eigenvalue weighted by atomic mass is 10.2. The molecule has 2 aromatic carbocycles. The maximum absolute atomic E-state index is 12.8. The number of rotatable bonds is 8. The number of aliphatic hydroxyl groups excluding tert-OH is 1. The molecule has 2 N–H and O–H groups in total. The number of benzene rings is 2. The van der Waals surface area contributed by atoms with Crippen molar-refractivity contribution in [3.63, 3.8) is 0 Å². The number of para-hydroxylation sites is 1. The number of carbonyl (C=O) groups is 1. The second kappa shape index (κ2) is 9.21. The number of hydrogen-bond donors (Lipinski definition) is 2. The second-order valence-electron chi connectivity index (χ2n) is 6.31. The summed E-state index contributed by atoms with van der Waals surface area (Å²) in [6.07, 6.45) is 1.93. The molecule has 0 bridgehead atoms. The normalized spacial score (nSPS) is 10.9. The van der Waals surface area contributed by atoms with Crippen LogP contribution in [0, 0.1) is 0 Å². The van der Waals surface area contributed by atoms with Gasteiger partial charge in [-0.15, -0.1) is 0 Å². The molecule has 0 aliphatic carbocycles. The average Bonchev–Trinajstić information content (AvgIpc) is 3.04. The van der Waals surface area contributed by atoms with Crippen molar-refractivity contribution in [1.82, 2.24) is 9.47 Å². The van der Waals surface area contributed by atoms with E-state index in [0.29, 0.717) is 19.7 Å². The van der Waals surface area contributed by atoms with E-state index in [4.69, 9.17) is 4.74 Å². The smallest absolute Gasteiger partial charge is 0.322 e. The third-order valence-corrected chi connectivity index (χ3v) is 4.44. The third kappa shape index (κ3) is 4.67. The number of fused-ring (bicyclic) bond motifs is 1. The minimum Gasteiger partial charge on any atom is -0.395 e. The van der Waals surface area contributed by atoms with E-state index in [0.717, 1.165) is 22.2 Å². The molecule has 0 saturated carbocycles. The van der Waals surface area contributed by atoms with Gasteiger partial charge in [-0.1, -0.05) is 48.5 Å². The SMILES string of the molecule is COCCn1cc(NC(=O)N(CCO)Cc2ccccc2)c2ccccc21. The zero-order chi connectivity index (χ0) is 19.1. The largest absolute Gasteiger partial charge is 0.395 e. The van der Waals surface area contributed by atoms with Crippen molar-refractivity contribution in [1.29, 1.82) is 0 Å². The number of methoxy groups -OCH3 is 1. The van der Waals surface area contributed by atoms with E-state index < -0.39 is 0 Å². The summed E-state index contributed by atoms with van der Waals surface area (Å²) in [6, 6.07) is 17.5. The van der Waals surface area contributed by atoms with E-state index in [1.165, 1.54) is 0 Å². The zero-order valence-electron chi connectivity index (χ0n) is 15.5. The van der Waals surface area contributed by atoms with Crippen molar-refractivity contribution < 1.29 is 14.6 Å². The van der Waals surface area contributed by atoms with Crippen LogP contribution in [-0.2, 0) is 17.8 Å². The molecule has 0 aliphatic rings. The van der Waals surface area contributed by atoms with Crippen molar-refractivity contribution in [2.24, 2.45) is 0 Å². The highest BCUT2D eigenvalue weighted by Gasteiger charge is 2.16. The maximum atomic E-state index is 12.8. The number of nitrogens with one attached hydrogen (secondary N) is 1. The van der Waals surface area contributed by atoms with Crippen molar-refractivity contribution in [2.45, 2.75) is 13.1 Å². The lowest BCUT2D eigenvalue weighted by molar-refractivity contribution is 0.185. The molecule has 0 radical (unpaired) electrons. The molecule has 3 aromatic rings. The standard InChI is InChI=1S/C21H25N3O3/c1-27-14-12-23-16-19(18-9-5-6-10-20(18)23)22-21(26)24(11-13-25)15-17-7-3-2-4-8-17/h2-10,16,25H,11-15H2,1H3,(H,22,26). The Morgan fingerprint density at radius 1 is 1.15 bits per heavy atom. The Morgan fingerprint density at radius 3 is 2.63 bits per heavy atom. The first-order chi connectivity index (χ1) is 13.2. The predicted octanol–water partition coefficient (Wildman–Crippen LogP) is 3.31. The van der Waals surface area contributed by atoms with Crippen molar-refractivity contribution >= 4 is 22.6 Å². The highest BCUT2D eigenvalue weighted by molar-refractivity contribution is 6.01. The summed E-state index contributed by atoms with van der Waals surface area (Å²) in [5.74, 6) is 0. The molecule has 0 saturated heterocycles. The van der Waals surface area contributed by atoms with E-state index in [2.05, 4.69) is 9.88 Å². The molecule has 0 unspecified atom stereocenters. The van der Waals surface area contributed by atoms with Gasteiger partial charge >= 0.3 is 6.03 Å². The lowest BCUT2D eigenvalue weighted by Gasteiger charge is -2.22. The van der Waals surface area contributed by atoms with Gasteiger partial charge < -0.3 is 24.6 Å². The van der Waals surface area contributed by atoms with Gasteiger partial charge in [0.15, 0.2) is 0 Å². The van der Waals surface area contributed by atoms with Crippen LogP contribution in [0.2, 0.25) is 0 Å². The van der Waals surface area contributed by atoms with Gasteiger partial charge in [0.2, 0.25) is 0 Å². The van der Waals surface area contributed by atoms with Crippen molar-refractivity contribution in [3.05, 3.63) is 66.4 Å². The van der Waals surface area contributed by atoms with E-state index >= 15 is 0 Å². The van der Waals surface area contributed by atoms with E-state index in [1.54, 1.807) is 12.0 Å². The molecule has 142 valence electrons. The molecule has 0 atom stereocenters. The lowest BCUT2D eigenvalue weighted by Crippen LogP contribution is -2.36. The average molecular weight is 367 g/mol. The van der Waals surface area contributed by atoms with Gasteiger partial charge in [-0.05, 0) is 11.6 Å². The number of aliphatic hydroxyl groups is 1. The Hall–Kier alpha value is -2.83. The summed E-state index contributed by atoms with van der Waals surface area (Å²) in [5, 5.41) is 13.3.